The summed E-state index contributed by atoms with van der Waals surface area (Å²) in [5.41, 5.74) is 8.72. The van der Waals surface area contributed by atoms with E-state index < -0.39 is 0 Å². The summed E-state index contributed by atoms with van der Waals surface area (Å²) in [7, 11) is 0. The molecule has 1 aromatic carbocycles. The van der Waals surface area contributed by atoms with E-state index in [0.29, 0.717) is 11.6 Å². The molecule has 0 aliphatic heterocycles. The van der Waals surface area contributed by atoms with Crippen molar-refractivity contribution in [2.24, 2.45) is 0 Å². The maximum atomic E-state index is 5.83. The number of anilines is 1. The van der Waals surface area contributed by atoms with Crippen LogP contribution in [-0.4, -0.2) is 4.98 Å². The molecule has 3 heteroatoms. The maximum absolute atomic E-state index is 5.83. The van der Waals surface area contributed by atoms with E-state index in [4.69, 9.17) is 10.5 Å². The van der Waals surface area contributed by atoms with Crippen LogP contribution in [0.5, 0.6) is 11.6 Å². The van der Waals surface area contributed by atoms with Gasteiger partial charge in [-0.15, -0.1) is 0 Å². The summed E-state index contributed by atoms with van der Waals surface area (Å²) in [4.78, 5) is 4.16. The molecule has 0 radical (unpaired) electrons. The Kier molecular flexibility index (Phi) is 2.73. The summed E-state index contributed by atoms with van der Waals surface area (Å²) in [5.74, 6) is 1.46. The third-order valence-electron chi connectivity index (χ3n) is 3.00. The molecule has 1 aromatic heterocycles. The Morgan fingerprint density at radius 1 is 1.17 bits per heavy atom. The van der Waals surface area contributed by atoms with Crippen LogP contribution in [0.4, 0.5) is 5.69 Å². The Labute approximate surface area is 106 Å². The zero-order valence-electron chi connectivity index (χ0n) is 9.97. The number of nitrogen functional groups attached to an aromatic ring is 1. The molecule has 0 unspecified atom stereocenters. The van der Waals surface area contributed by atoms with Crippen LogP contribution in [0.1, 0.15) is 17.5 Å². The summed E-state index contributed by atoms with van der Waals surface area (Å²) in [5, 5.41) is 0. The van der Waals surface area contributed by atoms with Gasteiger partial charge in [0.05, 0.1) is 11.9 Å². The average Bonchev–Trinajstić information content (AvgIpc) is 2.42. The van der Waals surface area contributed by atoms with Crippen LogP contribution in [0.25, 0.3) is 6.08 Å². The molecule has 2 aromatic rings. The monoisotopic (exact) mass is 238 g/mol. The number of hydrogen-bond acceptors (Lipinski definition) is 3. The number of ether oxygens (including phenoxy) is 1. The molecular formula is C15H14N2O. The fourth-order valence-corrected chi connectivity index (χ4v) is 2.10. The van der Waals surface area contributed by atoms with Gasteiger partial charge in [-0.25, -0.2) is 4.98 Å². The molecule has 1 aliphatic carbocycles. The quantitative estimate of drug-likeness (QED) is 0.872. The molecule has 1 aliphatic rings. The lowest BCUT2D eigenvalue weighted by Gasteiger charge is -2.15. The third-order valence-corrected chi connectivity index (χ3v) is 3.00. The van der Waals surface area contributed by atoms with Crippen molar-refractivity contribution < 1.29 is 4.74 Å². The van der Waals surface area contributed by atoms with Crippen LogP contribution in [-0.2, 0) is 6.42 Å². The van der Waals surface area contributed by atoms with Crippen molar-refractivity contribution in [2.45, 2.75) is 12.8 Å². The van der Waals surface area contributed by atoms with Crippen molar-refractivity contribution in [1.82, 2.24) is 4.98 Å². The number of allylic oxidation sites excluding steroid dienone is 1. The minimum Gasteiger partial charge on any atom is -0.439 e. The van der Waals surface area contributed by atoms with Crippen molar-refractivity contribution in [3.8, 4) is 11.6 Å². The summed E-state index contributed by atoms with van der Waals surface area (Å²) < 4.78 is 5.83. The van der Waals surface area contributed by atoms with E-state index in [9.17, 15) is 0 Å². The second-order valence-electron chi connectivity index (χ2n) is 4.30. The van der Waals surface area contributed by atoms with Gasteiger partial charge in [-0.3, -0.25) is 0 Å². The molecule has 0 spiro atoms. The van der Waals surface area contributed by atoms with Crippen molar-refractivity contribution in [1.29, 1.82) is 0 Å². The number of pyridine rings is 1. The molecule has 3 nitrogen and oxygen atoms in total. The molecule has 0 saturated carbocycles. The Morgan fingerprint density at radius 2 is 2.11 bits per heavy atom. The lowest BCUT2D eigenvalue weighted by atomic mass is 9.97. The van der Waals surface area contributed by atoms with E-state index in [-0.39, 0.29) is 0 Å². The smallest absolute Gasteiger partial charge is 0.219 e. The Balaban J connectivity index is 1.93. The van der Waals surface area contributed by atoms with Gasteiger partial charge < -0.3 is 10.5 Å². The number of nitrogens with zero attached hydrogens (tertiary/aromatic N) is 1. The molecule has 18 heavy (non-hydrogen) atoms. The van der Waals surface area contributed by atoms with Gasteiger partial charge in [0.25, 0.3) is 0 Å². The molecule has 0 amide bonds. The summed E-state index contributed by atoms with van der Waals surface area (Å²) >= 11 is 0. The van der Waals surface area contributed by atoms with Crippen LogP contribution >= 0.6 is 0 Å². The predicted molar refractivity (Wildman–Crippen MR) is 72.5 cm³/mol. The van der Waals surface area contributed by atoms with Crippen LogP contribution in [0.15, 0.2) is 42.6 Å². The molecule has 90 valence electrons. The van der Waals surface area contributed by atoms with Gasteiger partial charge in [0.2, 0.25) is 5.88 Å². The first-order chi connectivity index (χ1) is 8.83. The topological polar surface area (TPSA) is 48.1 Å². The molecule has 1 heterocycles. The van der Waals surface area contributed by atoms with Crippen molar-refractivity contribution in [3.05, 3.63) is 53.7 Å². The van der Waals surface area contributed by atoms with Gasteiger partial charge in [0, 0.05) is 11.6 Å². The highest BCUT2D eigenvalue weighted by Gasteiger charge is 2.11. The van der Waals surface area contributed by atoms with Gasteiger partial charge in [-0.2, -0.15) is 0 Å². The second-order valence-corrected chi connectivity index (χ2v) is 4.30. The normalized spacial score (nSPS) is 13.1. The van der Waals surface area contributed by atoms with Crippen molar-refractivity contribution in [3.63, 3.8) is 0 Å². The lowest BCUT2D eigenvalue weighted by molar-refractivity contribution is 0.457. The zero-order chi connectivity index (χ0) is 12.4. The summed E-state index contributed by atoms with van der Waals surface area (Å²) in [6.07, 6.45) is 8.00. The number of rotatable bonds is 2. The maximum Gasteiger partial charge on any atom is 0.219 e. The second kappa shape index (κ2) is 4.53. The molecule has 0 saturated heterocycles. The highest BCUT2D eigenvalue weighted by Crippen LogP contribution is 2.31. The Bertz CT molecular complexity index is 588. The fraction of sp³-hybridized carbons (Fsp3) is 0.133. The summed E-state index contributed by atoms with van der Waals surface area (Å²) in [6.45, 7) is 0. The van der Waals surface area contributed by atoms with E-state index in [2.05, 4.69) is 23.2 Å². The van der Waals surface area contributed by atoms with Gasteiger partial charge in [0.15, 0.2) is 0 Å². The largest absolute Gasteiger partial charge is 0.439 e. The molecule has 0 atom stereocenters. The first-order valence-electron chi connectivity index (χ1n) is 6.01. The SMILES string of the molecule is Nc1ccc(Oc2cccc3c2CCC=C3)nc1. The van der Waals surface area contributed by atoms with E-state index in [1.807, 2.05) is 12.1 Å². The minimum absolute atomic E-state index is 0.576. The Hall–Kier alpha value is -2.29. The van der Waals surface area contributed by atoms with Gasteiger partial charge in [-0.05, 0) is 30.5 Å². The van der Waals surface area contributed by atoms with Crippen LogP contribution in [0.3, 0.4) is 0 Å². The fourth-order valence-electron chi connectivity index (χ4n) is 2.10. The van der Waals surface area contributed by atoms with Crippen LogP contribution in [0.2, 0.25) is 0 Å². The average molecular weight is 238 g/mol. The van der Waals surface area contributed by atoms with E-state index >= 15 is 0 Å². The van der Waals surface area contributed by atoms with Crippen molar-refractivity contribution in [2.75, 3.05) is 5.73 Å². The van der Waals surface area contributed by atoms with Crippen LogP contribution < -0.4 is 10.5 Å². The number of nitrogens with two attached hydrogens (primary N) is 1. The zero-order valence-corrected chi connectivity index (χ0v) is 9.97. The van der Waals surface area contributed by atoms with Gasteiger partial charge >= 0.3 is 0 Å². The first-order valence-corrected chi connectivity index (χ1v) is 6.01. The number of benzene rings is 1. The Morgan fingerprint density at radius 3 is 2.94 bits per heavy atom. The van der Waals surface area contributed by atoms with E-state index in [1.165, 1.54) is 11.1 Å². The van der Waals surface area contributed by atoms with Crippen LogP contribution in [0, 0.1) is 0 Å². The molecule has 0 fully saturated rings. The van der Waals surface area contributed by atoms with E-state index in [0.717, 1.165) is 18.6 Å². The summed E-state index contributed by atoms with van der Waals surface area (Å²) in [6, 6.07) is 9.66. The lowest BCUT2D eigenvalue weighted by Crippen LogP contribution is -1.99. The standard InChI is InChI=1S/C15H14N2O/c16-12-8-9-15(17-10-12)18-14-7-3-5-11-4-1-2-6-13(11)14/h1,3-5,7-10H,2,6,16H2. The minimum atomic E-state index is 0.576. The predicted octanol–water partition coefficient (Wildman–Crippen LogP) is 3.42. The molecular weight excluding hydrogens is 224 g/mol. The van der Waals surface area contributed by atoms with Gasteiger partial charge in [-0.1, -0.05) is 24.3 Å². The highest BCUT2D eigenvalue weighted by atomic mass is 16.5. The van der Waals surface area contributed by atoms with Gasteiger partial charge in [0.1, 0.15) is 5.75 Å². The molecule has 3 rings (SSSR count). The number of fused-ring (bicyclic) bond motifs is 1. The number of hydrogen-bond donors (Lipinski definition) is 1. The first kappa shape index (κ1) is 10.8. The highest BCUT2D eigenvalue weighted by molar-refractivity contribution is 5.60. The number of aromatic nitrogens is 1. The molecule has 0 bridgehead atoms. The molecule has 2 N–H and O–H groups in total. The van der Waals surface area contributed by atoms with Crippen molar-refractivity contribution >= 4 is 11.8 Å². The van der Waals surface area contributed by atoms with E-state index in [1.54, 1.807) is 18.3 Å². The third kappa shape index (κ3) is 2.07.